The lowest BCUT2D eigenvalue weighted by molar-refractivity contribution is -0.138. The third kappa shape index (κ3) is 6.66. The van der Waals surface area contributed by atoms with Crippen molar-refractivity contribution in [3.8, 4) is 11.1 Å². The Labute approximate surface area is 204 Å². The molecule has 34 heavy (non-hydrogen) atoms. The first-order chi connectivity index (χ1) is 16.3. The molecule has 0 radical (unpaired) electrons. The van der Waals surface area contributed by atoms with Gasteiger partial charge in [-0.2, -0.15) is 11.8 Å². The monoisotopic (exact) mass is 504 g/mol. The molecule has 1 aliphatic rings. The van der Waals surface area contributed by atoms with E-state index in [1.165, 1.54) is 11.8 Å². The minimum atomic E-state index is -1.49. The average Bonchev–Trinajstić information content (AvgIpc) is 3.26. The first-order valence-electron chi connectivity index (χ1n) is 10.7. The summed E-state index contributed by atoms with van der Waals surface area (Å²) >= 11 is 1.26. The summed E-state index contributed by atoms with van der Waals surface area (Å²) in [6, 6.07) is 13.1. The second-order valence-electron chi connectivity index (χ2n) is 7.82. The molecule has 0 bridgehead atoms. The number of para-hydroxylation sites is 1. The summed E-state index contributed by atoms with van der Waals surface area (Å²) in [7, 11) is -1.49. The van der Waals surface area contributed by atoms with Crippen LogP contribution in [0.5, 0.6) is 0 Å². The van der Waals surface area contributed by atoms with Crippen molar-refractivity contribution in [3.63, 3.8) is 0 Å². The summed E-state index contributed by atoms with van der Waals surface area (Å²) in [4.78, 5) is 35.9. The highest BCUT2D eigenvalue weighted by atomic mass is 32.2. The van der Waals surface area contributed by atoms with Crippen molar-refractivity contribution < 1.29 is 23.7 Å². The Hall–Kier alpha value is -2.73. The molecule has 6 N–H and O–H groups in total. The molecule has 1 aliphatic heterocycles. The molecule has 2 unspecified atom stereocenters. The Morgan fingerprint density at radius 2 is 1.88 bits per heavy atom. The number of carbonyl (C=O) groups is 3. The maximum absolute atomic E-state index is 13.3. The van der Waals surface area contributed by atoms with Crippen LogP contribution in [0.3, 0.4) is 0 Å². The Bertz CT molecular complexity index is 1080. The van der Waals surface area contributed by atoms with Gasteiger partial charge in [-0.05, 0) is 30.7 Å². The van der Waals surface area contributed by atoms with Gasteiger partial charge in [-0.3, -0.25) is 19.7 Å². The quantitative estimate of drug-likeness (QED) is 0.275. The van der Waals surface area contributed by atoms with Gasteiger partial charge in [0, 0.05) is 17.5 Å². The molecule has 1 fully saturated rings. The SMILES string of the molecule is CSC(CC(N)C(=O)O)C(=O)c1ccccc1-c1ccccc1N[S@@](=O)CN[C@H]1CCC(=O)N1. The van der Waals surface area contributed by atoms with E-state index < -0.39 is 28.2 Å². The molecule has 182 valence electrons. The van der Waals surface area contributed by atoms with Crippen LogP contribution in [-0.2, 0) is 20.6 Å². The lowest BCUT2D eigenvalue weighted by Crippen LogP contribution is -2.41. The second-order valence-corrected chi connectivity index (χ2v) is 10.0. The fraction of sp³-hybridized carbons (Fsp3) is 0.348. The molecular formula is C23H28N4O5S2. The topological polar surface area (TPSA) is 151 Å². The lowest BCUT2D eigenvalue weighted by Gasteiger charge is -2.19. The van der Waals surface area contributed by atoms with E-state index in [1.807, 2.05) is 12.1 Å². The highest BCUT2D eigenvalue weighted by Crippen LogP contribution is 2.33. The first kappa shape index (κ1) is 25.9. The number of anilines is 1. The van der Waals surface area contributed by atoms with Crippen molar-refractivity contribution in [2.24, 2.45) is 5.73 Å². The number of benzene rings is 2. The largest absolute Gasteiger partial charge is 0.480 e. The number of rotatable bonds is 12. The fourth-order valence-electron chi connectivity index (χ4n) is 3.66. The molecule has 0 spiro atoms. The van der Waals surface area contributed by atoms with E-state index in [2.05, 4.69) is 15.4 Å². The third-order valence-electron chi connectivity index (χ3n) is 5.45. The van der Waals surface area contributed by atoms with Crippen molar-refractivity contribution in [2.75, 3.05) is 16.9 Å². The molecule has 4 atom stereocenters. The Balaban J connectivity index is 1.80. The lowest BCUT2D eigenvalue weighted by atomic mass is 9.93. The Morgan fingerprint density at radius 1 is 1.21 bits per heavy atom. The summed E-state index contributed by atoms with van der Waals surface area (Å²) in [5.41, 5.74) is 8.04. The Morgan fingerprint density at radius 3 is 2.53 bits per heavy atom. The van der Waals surface area contributed by atoms with Crippen LogP contribution >= 0.6 is 11.8 Å². The highest BCUT2D eigenvalue weighted by molar-refractivity contribution is 8.00. The van der Waals surface area contributed by atoms with Gasteiger partial charge in [-0.25, -0.2) is 4.21 Å². The number of carboxylic acids is 1. The average molecular weight is 505 g/mol. The highest BCUT2D eigenvalue weighted by Gasteiger charge is 2.27. The minimum Gasteiger partial charge on any atom is -0.480 e. The summed E-state index contributed by atoms with van der Waals surface area (Å²) in [6.45, 7) is 0. The van der Waals surface area contributed by atoms with Gasteiger partial charge in [0.15, 0.2) is 5.78 Å². The van der Waals surface area contributed by atoms with Gasteiger partial charge in [0.1, 0.15) is 17.0 Å². The van der Waals surface area contributed by atoms with Crippen molar-refractivity contribution in [3.05, 3.63) is 54.1 Å². The van der Waals surface area contributed by atoms with Crippen LogP contribution in [0.15, 0.2) is 48.5 Å². The number of hydrogen-bond acceptors (Lipinski definition) is 7. The second kappa shape index (κ2) is 12.1. The number of carbonyl (C=O) groups excluding carboxylic acids is 2. The van der Waals surface area contributed by atoms with Gasteiger partial charge in [-0.15, -0.1) is 0 Å². The molecule has 11 heteroatoms. The number of ketones is 1. The van der Waals surface area contributed by atoms with Gasteiger partial charge >= 0.3 is 5.97 Å². The molecule has 0 saturated carbocycles. The number of nitrogens with one attached hydrogen (secondary N) is 3. The van der Waals surface area contributed by atoms with E-state index in [1.54, 1.807) is 42.7 Å². The van der Waals surface area contributed by atoms with E-state index in [-0.39, 0.29) is 30.2 Å². The fourth-order valence-corrected chi connectivity index (χ4v) is 5.25. The van der Waals surface area contributed by atoms with Crippen molar-refractivity contribution in [2.45, 2.75) is 36.7 Å². The van der Waals surface area contributed by atoms with Crippen LogP contribution in [-0.4, -0.2) is 56.6 Å². The molecule has 0 aromatic heterocycles. The number of nitrogens with two attached hydrogens (primary N) is 1. The van der Waals surface area contributed by atoms with Crippen LogP contribution in [0, 0.1) is 0 Å². The van der Waals surface area contributed by atoms with E-state index in [9.17, 15) is 18.6 Å². The number of thioether (sulfide) groups is 1. The molecule has 3 rings (SSSR count). The molecular weight excluding hydrogens is 476 g/mol. The predicted molar refractivity (Wildman–Crippen MR) is 135 cm³/mol. The number of Topliss-reactive ketones (excluding diaryl/α,β-unsaturated/α-hetero) is 1. The normalized spacial score (nSPS) is 18.1. The van der Waals surface area contributed by atoms with Crippen LogP contribution in [0.4, 0.5) is 5.69 Å². The van der Waals surface area contributed by atoms with Gasteiger partial charge < -0.3 is 20.9 Å². The maximum Gasteiger partial charge on any atom is 0.320 e. The van der Waals surface area contributed by atoms with E-state index in [0.717, 1.165) is 0 Å². The number of carboxylic acid groups (broad SMARTS) is 1. The summed E-state index contributed by atoms with van der Waals surface area (Å²) in [5, 5.41) is 14.4. The Kier molecular flexibility index (Phi) is 9.22. The third-order valence-corrected chi connectivity index (χ3v) is 7.30. The molecule has 2 aromatic carbocycles. The zero-order chi connectivity index (χ0) is 24.7. The predicted octanol–water partition coefficient (Wildman–Crippen LogP) is 1.93. The minimum absolute atomic E-state index is 0.0109. The van der Waals surface area contributed by atoms with Crippen LogP contribution in [0.25, 0.3) is 11.1 Å². The van der Waals surface area contributed by atoms with Gasteiger partial charge in [0.2, 0.25) is 5.91 Å². The molecule has 2 aromatic rings. The zero-order valence-corrected chi connectivity index (χ0v) is 20.3. The van der Waals surface area contributed by atoms with Crippen LogP contribution in [0.1, 0.15) is 29.6 Å². The maximum atomic E-state index is 13.3. The summed E-state index contributed by atoms with van der Waals surface area (Å²) in [6.07, 6.45) is 2.64. The van der Waals surface area contributed by atoms with E-state index >= 15 is 0 Å². The smallest absolute Gasteiger partial charge is 0.320 e. The zero-order valence-electron chi connectivity index (χ0n) is 18.7. The van der Waals surface area contributed by atoms with Gasteiger partial charge in [0.25, 0.3) is 0 Å². The van der Waals surface area contributed by atoms with E-state index in [0.29, 0.717) is 35.2 Å². The van der Waals surface area contributed by atoms with Crippen LogP contribution in [0.2, 0.25) is 0 Å². The standard InChI is InChI=1S/C23H28N4O5S2/c1-33-19(12-17(24)23(30)31)22(29)16-8-3-2-6-14(16)15-7-4-5-9-18(15)27-34(32)13-25-20-10-11-21(28)26-20/h2-9,17,19-20,25,27H,10-13,24H2,1H3,(H,26,28)(H,30,31)/t17?,19?,20-,34+/m1/s1. The van der Waals surface area contributed by atoms with Crippen molar-refractivity contribution >= 4 is 46.1 Å². The summed E-state index contributed by atoms with van der Waals surface area (Å²) < 4.78 is 15.7. The molecule has 9 nitrogen and oxygen atoms in total. The number of hydrogen-bond donors (Lipinski definition) is 5. The van der Waals surface area contributed by atoms with Gasteiger partial charge in [-0.1, -0.05) is 42.5 Å². The first-order valence-corrected chi connectivity index (χ1v) is 13.3. The van der Waals surface area contributed by atoms with Crippen molar-refractivity contribution in [1.82, 2.24) is 10.6 Å². The summed E-state index contributed by atoms with van der Waals surface area (Å²) in [5.74, 6) is -1.27. The number of amides is 1. The van der Waals surface area contributed by atoms with Crippen LogP contribution < -0.4 is 21.1 Å². The molecule has 1 amide bonds. The van der Waals surface area contributed by atoms with Crippen molar-refractivity contribution in [1.29, 1.82) is 0 Å². The van der Waals surface area contributed by atoms with Gasteiger partial charge in [0.05, 0.1) is 23.0 Å². The molecule has 1 heterocycles. The number of aliphatic carboxylic acids is 1. The molecule has 0 aliphatic carbocycles. The van der Waals surface area contributed by atoms with E-state index in [4.69, 9.17) is 10.8 Å². The molecule has 1 saturated heterocycles.